The number of rotatable bonds is 9. The summed E-state index contributed by atoms with van der Waals surface area (Å²) in [5, 5.41) is 14.4. The van der Waals surface area contributed by atoms with Gasteiger partial charge in [-0.3, -0.25) is 14.9 Å². The van der Waals surface area contributed by atoms with Crippen molar-refractivity contribution in [3.05, 3.63) is 69.3 Å². The van der Waals surface area contributed by atoms with E-state index < -0.39 is 20.9 Å². The first-order valence-electron chi connectivity index (χ1n) is 11.0. The topological polar surface area (TPSA) is 122 Å². The van der Waals surface area contributed by atoms with E-state index in [0.29, 0.717) is 16.8 Å². The van der Waals surface area contributed by atoms with Crippen LogP contribution in [0.15, 0.2) is 42.5 Å². The van der Waals surface area contributed by atoms with E-state index in [1.807, 2.05) is 4.90 Å². The Kier molecular flexibility index (Phi) is 8.04. The first-order chi connectivity index (χ1) is 15.7. The lowest BCUT2D eigenvalue weighted by Crippen LogP contribution is -2.32. The maximum absolute atomic E-state index is 12.7. The molecule has 9 nitrogen and oxygen atoms in total. The lowest BCUT2D eigenvalue weighted by Gasteiger charge is -2.28. The third-order valence-corrected chi connectivity index (χ3v) is 6.97. The molecule has 33 heavy (non-hydrogen) atoms. The fraction of sp³-hybridized carbons (Fsp3) is 0.435. The van der Waals surface area contributed by atoms with Crippen LogP contribution in [-0.2, 0) is 22.3 Å². The number of anilines is 1. The predicted molar refractivity (Wildman–Crippen MR) is 128 cm³/mol. The Labute approximate surface area is 194 Å². The molecule has 0 aromatic heterocycles. The van der Waals surface area contributed by atoms with Gasteiger partial charge in [0.2, 0.25) is 10.0 Å². The molecule has 1 aliphatic rings. The lowest BCUT2D eigenvalue weighted by molar-refractivity contribution is -0.384. The first kappa shape index (κ1) is 24.7. The summed E-state index contributed by atoms with van der Waals surface area (Å²) in [6.45, 7) is 5.13. The van der Waals surface area contributed by atoms with Gasteiger partial charge < -0.3 is 10.2 Å². The molecule has 2 N–H and O–H groups in total. The smallest absolute Gasteiger partial charge is 0.293 e. The second kappa shape index (κ2) is 10.8. The van der Waals surface area contributed by atoms with Crippen molar-refractivity contribution in [2.75, 3.05) is 18.0 Å². The van der Waals surface area contributed by atoms with Crippen LogP contribution in [0.3, 0.4) is 0 Å². The molecule has 0 aliphatic carbocycles. The molecule has 0 radical (unpaired) electrons. The van der Waals surface area contributed by atoms with Crippen molar-refractivity contribution in [2.45, 2.75) is 51.4 Å². The maximum atomic E-state index is 12.7. The van der Waals surface area contributed by atoms with Crippen LogP contribution in [0.5, 0.6) is 0 Å². The highest BCUT2D eigenvalue weighted by Gasteiger charge is 2.23. The molecule has 0 saturated carbocycles. The number of piperidine rings is 1. The number of hydrogen-bond donors (Lipinski definition) is 2. The Bertz CT molecular complexity index is 1110. The molecule has 2 aromatic carbocycles. The summed E-state index contributed by atoms with van der Waals surface area (Å²) in [5.74, 6) is -0.658. The molecule has 10 heteroatoms. The summed E-state index contributed by atoms with van der Waals surface area (Å²) in [4.78, 5) is 25.9. The van der Waals surface area contributed by atoms with Gasteiger partial charge in [-0.25, -0.2) is 13.1 Å². The minimum atomic E-state index is -3.52. The van der Waals surface area contributed by atoms with E-state index in [1.54, 1.807) is 50.2 Å². The van der Waals surface area contributed by atoms with Crippen LogP contribution in [-0.4, -0.2) is 38.4 Å². The monoisotopic (exact) mass is 474 g/mol. The van der Waals surface area contributed by atoms with Crippen molar-refractivity contribution in [1.29, 1.82) is 0 Å². The minimum Gasteiger partial charge on any atom is -0.366 e. The number of sulfonamides is 1. The zero-order valence-electron chi connectivity index (χ0n) is 18.9. The highest BCUT2D eigenvalue weighted by Crippen LogP contribution is 2.31. The summed E-state index contributed by atoms with van der Waals surface area (Å²) < 4.78 is 27.2. The van der Waals surface area contributed by atoms with Crippen LogP contribution in [0, 0.1) is 10.1 Å². The molecular weight excluding hydrogens is 444 g/mol. The van der Waals surface area contributed by atoms with E-state index in [9.17, 15) is 23.3 Å². The highest BCUT2D eigenvalue weighted by atomic mass is 32.2. The van der Waals surface area contributed by atoms with Gasteiger partial charge >= 0.3 is 0 Å². The van der Waals surface area contributed by atoms with E-state index in [0.717, 1.165) is 32.4 Å². The highest BCUT2D eigenvalue weighted by molar-refractivity contribution is 7.88. The van der Waals surface area contributed by atoms with Crippen LogP contribution in [0.4, 0.5) is 11.4 Å². The summed E-state index contributed by atoms with van der Waals surface area (Å²) in [7, 11) is -3.52. The molecule has 0 unspecified atom stereocenters. The van der Waals surface area contributed by atoms with Crippen molar-refractivity contribution < 1.29 is 18.1 Å². The Balaban J connectivity index is 1.74. The Morgan fingerprint density at radius 1 is 1.09 bits per heavy atom. The molecule has 1 saturated heterocycles. The minimum absolute atomic E-state index is 0.0872. The predicted octanol–water partition coefficient (Wildman–Crippen LogP) is 3.34. The molecule has 2 aromatic rings. The Hall–Kier alpha value is -2.98. The standard InChI is InChI=1S/C23H30N4O5S/c1-17(2)25-33(31,32)16-20-9-5-4-8-19(20)15-24-23(28)18-10-11-21(22(14-18)27(29)30)26-12-6-3-7-13-26/h4-5,8-11,14,17,25H,3,6-7,12-13,15-16H2,1-2H3,(H,24,28). The second-order valence-electron chi connectivity index (χ2n) is 8.49. The van der Waals surface area contributed by atoms with Gasteiger partial charge in [-0.15, -0.1) is 0 Å². The van der Waals surface area contributed by atoms with Crippen LogP contribution >= 0.6 is 0 Å². The summed E-state index contributed by atoms with van der Waals surface area (Å²) in [5.41, 5.74) is 1.88. The largest absolute Gasteiger partial charge is 0.366 e. The summed E-state index contributed by atoms with van der Waals surface area (Å²) in [6, 6.07) is 11.3. The zero-order chi connectivity index (χ0) is 24.0. The average Bonchev–Trinajstić information content (AvgIpc) is 2.77. The fourth-order valence-corrected chi connectivity index (χ4v) is 5.46. The number of nitrogens with one attached hydrogen (secondary N) is 2. The van der Waals surface area contributed by atoms with Gasteiger partial charge in [0.25, 0.3) is 11.6 Å². The number of hydrogen-bond acceptors (Lipinski definition) is 6. The SMILES string of the molecule is CC(C)NS(=O)(=O)Cc1ccccc1CNC(=O)c1ccc(N2CCCCC2)c([N+](=O)[O-])c1. The van der Waals surface area contributed by atoms with E-state index in [1.165, 1.54) is 6.07 Å². The molecule has 178 valence electrons. The Morgan fingerprint density at radius 3 is 2.39 bits per heavy atom. The maximum Gasteiger partial charge on any atom is 0.293 e. The van der Waals surface area contributed by atoms with Gasteiger partial charge in [0, 0.05) is 37.3 Å². The number of carbonyl (C=O) groups is 1. The molecule has 1 amide bonds. The quantitative estimate of drug-likeness (QED) is 0.425. The normalized spacial score (nSPS) is 14.3. The van der Waals surface area contributed by atoms with Gasteiger partial charge in [-0.05, 0) is 56.4 Å². The molecule has 1 aliphatic heterocycles. The van der Waals surface area contributed by atoms with Crippen molar-refractivity contribution in [2.24, 2.45) is 0 Å². The number of nitro benzene ring substituents is 1. The number of amides is 1. The average molecular weight is 475 g/mol. The van der Waals surface area contributed by atoms with E-state index in [2.05, 4.69) is 10.0 Å². The van der Waals surface area contributed by atoms with Crippen molar-refractivity contribution in [3.8, 4) is 0 Å². The zero-order valence-corrected chi connectivity index (χ0v) is 19.7. The van der Waals surface area contributed by atoms with Crippen LogP contribution < -0.4 is 14.9 Å². The van der Waals surface area contributed by atoms with Gasteiger partial charge in [0.1, 0.15) is 5.69 Å². The van der Waals surface area contributed by atoms with Gasteiger partial charge in [0.05, 0.1) is 10.7 Å². The molecule has 3 rings (SSSR count). The number of nitrogens with zero attached hydrogens (tertiary/aromatic N) is 2. The molecule has 0 spiro atoms. The fourth-order valence-electron chi connectivity index (χ4n) is 3.97. The Morgan fingerprint density at radius 2 is 1.76 bits per heavy atom. The second-order valence-corrected chi connectivity index (χ2v) is 10.2. The summed E-state index contributed by atoms with van der Waals surface area (Å²) >= 11 is 0. The van der Waals surface area contributed by atoms with Crippen molar-refractivity contribution >= 4 is 27.3 Å². The number of carbonyl (C=O) groups excluding carboxylic acids is 1. The molecular formula is C23H30N4O5S. The van der Waals surface area contributed by atoms with Gasteiger partial charge in [-0.2, -0.15) is 0 Å². The van der Waals surface area contributed by atoms with Crippen LogP contribution in [0.1, 0.15) is 54.6 Å². The van der Waals surface area contributed by atoms with Gasteiger partial charge in [0.15, 0.2) is 0 Å². The lowest BCUT2D eigenvalue weighted by atomic mass is 10.1. The van der Waals surface area contributed by atoms with E-state index in [4.69, 9.17) is 0 Å². The summed E-state index contributed by atoms with van der Waals surface area (Å²) in [6.07, 6.45) is 3.09. The first-order valence-corrected chi connectivity index (χ1v) is 12.7. The third-order valence-electron chi connectivity index (χ3n) is 5.45. The van der Waals surface area contributed by atoms with Crippen LogP contribution in [0.2, 0.25) is 0 Å². The molecule has 0 atom stereocenters. The number of nitro groups is 1. The molecule has 0 bridgehead atoms. The molecule has 1 fully saturated rings. The third kappa shape index (κ3) is 6.75. The molecule has 1 heterocycles. The van der Waals surface area contributed by atoms with E-state index in [-0.39, 0.29) is 29.6 Å². The van der Waals surface area contributed by atoms with Crippen molar-refractivity contribution in [3.63, 3.8) is 0 Å². The van der Waals surface area contributed by atoms with E-state index >= 15 is 0 Å². The van der Waals surface area contributed by atoms with Gasteiger partial charge in [-0.1, -0.05) is 24.3 Å². The van der Waals surface area contributed by atoms with Crippen LogP contribution in [0.25, 0.3) is 0 Å². The van der Waals surface area contributed by atoms with Crippen molar-refractivity contribution in [1.82, 2.24) is 10.0 Å². The number of benzene rings is 2.